The van der Waals surface area contributed by atoms with Crippen molar-refractivity contribution in [2.24, 2.45) is 5.92 Å². The Morgan fingerprint density at radius 1 is 1.00 bits per heavy atom. The second kappa shape index (κ2) is 10.7. The van der Waals surface area contributed by atoms with Crippen LogP contribution in [0.4, 0.5) is 0 Å². The van der Waals surface area contributed by atoms with Crippen molar-refractivity contribution in [1.82, 2.24) is 14.7 Å². The van der Waals surface area contributed by atoms with E-state index >= 15 is 0 Å². The molecule has 34 heavy (non-hydrogen) atoms. The topological polar surface area (TPSA) is 60.9 Å². The summed E-state index contributed by atoms with van der Waals surface area (Å²) in [5.74, 6) is 0.0241. The number of rotatable bonds is 4. The summed E-state index contributed by atoms with van der Waals surface area (Å²) in [6.07, 6.45) is 2.05. The highest BCUT2D eigenvalue weighted by Gasteiger charge is 2.39. The van der Waals surface area contributed by atoms with Gasteiger partial charge in [-0.3, -0.25) is 14.4 Å². The molecule has 182 valence electrons. The third-order valence-electron chi connectivity index (χ3n) is 7.10. The number of nitrogens with zero attached hydrogens (tertiary/aromatic N) is 3. The van der Waals surface area contributed by atoms with Crippen LogP contribution < -0.4 is 0 Å². The number of likely N-dealkylation sites (N-methyl/N-ethyl adjacent to an activating group) is 1. The number of benzene rings is 1. The predicted molar refractivity (Wildman–Crippen MR) is 136 cm³/mol. The van der Waals surface area contributed by atoms with Crippen molar-refractivity contribution in [2.75, 3.05) is 33.2 Å². The number of likely N-dealkylation sites (tertiary alicyclic amines) is 2. The van der Waals surface area contributed by atoms with Crippen LogP contribution >= 0.6 is 34.5 Å². The van der Waals surface area contributed by atoms with E-state index in [1.54, 1.807) is 17.9 Å². The minimum Gasteiger partial charge on any atom is -0.343 e. The zero-order chi connectivity index (χ0) is 24.4. The third-order valence-corrected chi connectivity index (χ3v) is 8.70. The van der Waals surface area contributed by atoms with Crippen LogP contribution in [0.15, 0.2) is 35.7 Å². The van der Waals surface area contributed by atoms with Crippen molar-refractivity contribution in [1.29, 1.82) is 0 Å². The largest absolute Gasteiger partial charge is 0.343 e. The van der Waals surface area contributed by atoms with Crippen LogP contribution in [0.25, 0.3) is 0 Å². The summed E-state index contributed by atoms with van der Waals surface area (Å²) in [6, 6.07) is 9.20. The van der Waals surface area contributed by atoms with Crippen LogP contribution in [-0.4, -0.2) is 71.7 Å². The van der Waals surface area contributed by atoms with Gasteiger partial charge >= 0.3 is 0 Å². The number of hydrogen-bond acceptors (Lipinski definition) is 4. The molecule has 0 radical (unpaired) electrons. The lowest BCUT2D eigenvalue weighted by Crippen LogP contribution is -2.53. The lowest BCUT2D eigenvalue weighted by Gasteiger charge is -2.44. The molecule has 1 aromatic carbocycles. The quantitative estimate of drug-likeness (QED) is 0.582. The van der Waals surface area contributed by atoms with E-state index in [2.05, 4.69) is 0 Å². The normalized spacial score (nSPS) is 21.4. The van der Waals surface area contributed by atoms with Crippen molar-refractivity contribution < 1.29 is 14.4 Å². The Hall–Kier alpha value is -2.09. The third kappa shape index (κ3) is 5.26. The summed E-state index contributed by atoms with van der Waals surface area (Å²) >= 11 is 13.9. The highest BCUT2D eigenvalue weighted by molar-refractivity contribution is 7.12. The first-order valence-electron chi connectivity index (χ1n) is 11.6. The summed E-state index contributed by atoms with van der Waals surface area (Å²) < 4.78 is 0. The van der Waals surface area contributed by atoms with E-state index < -0.39 is 0 Å². The number of carbonyl (C=O) groups is 3. The molecule has 2 aromatic rings. The fourth-order valence-electron chi connectivity index (χ4n) is 5.10. The van der Waals surface area contributed by atoms with E-state index in [4.69, 9.17) is 23.2 Å². The standard InChI is InChI=1S/C25H29Cl2N3O3S/c1-16(31)29-10-7-17(8-11-29)24(32)30-12-9-22(28(2)25(33)23-4-3-13-34-23)19(15-30)18-5-6-20(26)21(27)14-18/h3-6,13-14,17,19,22H,7-12,15H2,1-2H3. The lowest BCUT2D eigenvalue weighted by molar-refractivity contribution is -0.141. The van der Waals surface area contributed by atoms with Crippen LogP contribution in [-0.2, 0) is 9.59 Å². The first kappa shape index (κ1) is 25.0. The highest BCUT2D eigenvalue weighted by atomic mass is 35.5. The number of thiophene rings is 1. The zero-order valence-corrected chi connectivity index (χ0v) is 21.7. The van der Waals surface area contributed by atoms with Crippen molar-refractivity contribution in [2.45, 2.75) is 38.1 Å². The maximum Gasteiger partial charge on any atom is 0.263 e. The second-order valence-electron chi connectivity index (χ2n) is 9.09. The Kier molecular flexibility index (Phi) is 7.85. The molecule has 2 fully saturated rings. The molecule has 2 saturated heterocycles. The Morgan fingerprint density at radius 2 is 1.71 bits per heavy atom. The van der Waals surface area contributed by atoms with Gasteiger partial charge in [0.05, 0.1) is 14.9 Å². The van der Waals surface area contributed by atoms with Crippen LogP contribution in [0, 0.1) is 5.92 Å². The maximum atomic E-state index is 13.4. The van der Waals surface area contributed by atoms with Gasteiger partial charge in [-0.1, -0.05) is 35.3 Å². The molecule has 3 heterocycles. The van der Waals surface area contributed by atoms with Crippen molar-refractivity contribution in [3.63, 3.8) is 0 Å². The van der Waals surface area contributed by atoms with Crippen LogP contribution in [0.5, 0.6) is 0 Å². The van der Waals surface area contributed by atoms with Crippen molar-refractivity contribution >= 4 is 52.3 Å². The summed E-state index contributed by atoms with van der Waals surface area (Å²) in [7, 11) is 1.84. The molecule has 2 unspecified atom stereocenters. The summed E-state index contributed by atoms with van der Waals surface area (Å²) in [4.78, 5) is 44.4. The SMILES string of the molecule is CC(=O)N1CCC(C(=O)N2CCC(N(C)C(=O)c3cccs3)C(c3ccc(Cl)c(Cl)c3)C2)CC1. The van der Waals surface area contributed by atoms with E-state index in [9.17, 15) is 14.4 Å². The molecule has 0 spiro atoms. The molecule has 3 amide bonds. The van der Waals surface area contributed by atoms with E-state index in [0.29, 0.717) is 60.4 Å². The number of carbonyl (C=O) groups excluding carboxylic acids is 3. The molecule has 0 N–H and O–H groups in total. The molecular formula is C25H29Cl2N3O3S. The van der Waals surface area contributed by atoms with Gasteiger partial charge in [-0.25, -0.2) is 0 Å². The van der Waals surface area contributed by atoms with E-state index in [1.807, 2.05) is 46.5 Å². The molecule has 4 rings (SSSR count). The average molecular weight is 522 g/mol. The van der Waals surface area contributed by atoms with Gasteiger partial charge in [-0.2, -0.15) is 0 Å². The Labute approximate surface area is 214 Å². The zero-order valence-electron chi connectivity index (χ0n) is 19.4. The number of amides is 3. The minimum absolute atomic E-state index is 0.0126. The summed E-state index contributed by atoms with van der Waals surface area (Å²) in [5, 5.41) is 2.84. The van der Waals surface area contributed by atoms with Gasteiger partial charge in [0, 0.05) is 58.0 Å². The number of halogens is 2. The number of hydrogen-bond donors (Lipinski definition) is 0. The van der Waals surface area contributed by atoms with Gasteiger partial charge in [0.2, 0.25) is 11.8 Å². The molecule has 2 aliphatic rings. The average Bonchev–Trinajstić information content (AvgIpc) is 3.39. The van der Waals surface area contributed by atoms with Crippen molar-refractivity contribution in [3.8, 4) is 0 Å². The van der Waals surface area contributed by atoms with Crippen LogP contribution in [0.1, 0.15) is 47.3 Å². The molecule has 0 bridgehead atoms. The molecule has 0 aliphatic carbocycles. The fourth-order valence-corrected chi connectivity index (χ4v) is 6.11. The van der Waals surface area contributed by atoms with Crippen molar-refractivity contribution in [3.05, 3.63) is 56.2 Å². The van der Waals surface area contributed by atoms with Crippen LogP contribution in [0.3, 0.4) is 0 Å². The monoisotopic (exact) mass is 521 g/mol. The number of piperidine rings is 2. The summed E-state index contributed by atoms with van der Waals surface area (Å²) in [6.45, 7) is 3.92. The molecular weight excluding hydrogens is 493 g/mol. The molecule has 1 aromatic heterocycles. The van der Waals surface area contributed by atoms with Crippen LogP contribution in [0.2, 0.25) is 10.0 Å². The minimum atomic E-state index is -0.0845. The highest BCUT2D eigenvalue weighted by Crippen LogP contribution is 2.35. The second-order valence-corrected chi connectivity index (χ2v) is 10.9. The first-order valence-corrected chi connectivity index (χ1v) is 13.2. The van der Waals surface area contributed by atoms with Gasteiger partial charge in [0.25, 0.3) is 5.91 Å². The smallest absolute Gasteiger partial charge is 0.263 e. The van der Waals surface area contributed by atoms with Gasteiger partial charge in [0.1, 0.15) is 0 Å². The molecule has 9 heteroatoms. The molecule has 6 nitrogen and oxygen atoms in total. The first-order chi connectivity index (χ1) is 16.3. The van der Waals surface area contributed by atoms with Gasteiger partial charge in [0.15, 0.2) is 0 Å². The predicted octanol–water partition coefficient (Wildman–Crippen LogP) is 4.77. The Balaban J connectivity index is 1.54. The Bertz CT molecular complexity index is 1050. The molecule has 2 aliphatic heterocycles. The lowest BCUT2D eigenvalue weighted by atomic mass is 9.84. The van der Waals surface area contributed by atoms with E-state index in [0.717, 1.165) is 5.56 Å². The van der Waals surface area contributed by atoms with E-state index in [1.165, 1.54) is 11.3 Å². The van der Waals surface area contributed by atoms with Gasteiger partial charge in [-0.05, 0) is 48.4 Å². The maximum absolute atomic E-state index is 13.4. The molecule has 0 saturated carbocycles. The fraction of sp³-hybridized carbons (Fsp3) is 0.480. The molecule has 2 atom stereocenters. The van der Waals surface area contributed by atoms with Gasteiger partial charge < -0.3 is 14.7 Å². The van der Waals surface area contributed by atoms with E-state index in [-0.39, 0.29) is 35.6 Å². The van der Waals surface area contributed by atoms with Gasteiger partial charge in [-0.15, -0.1) is 11.3 Å². The summed E-state index contributed by atoms with van der Waals surface area (Å²) in [5.41, 5.74) is 0.967. The Morgan fingerprint density at radius 3 is 2.32 bits per heavy atom.